The van der Waals surface area contributed by atoms with Crippen LogP contribution in [-0.4, -0.2) is 31.2 Å². The molecule has 0 bridgehead atoms. The first kappa shape index (κ1) is 13.7. The van der Waals surface area contributed by atoms with Crippen molar-refractivity contribution in [1.29, 1.82) is 0 Å². The van der Waals surface area contributed by atoms with Gasteiger partial charge in [0.1, 0.15) is 11.6 Å². The van der Waals surface area contributed by atoms with Gasteiger partial charge in [0.25, 0.3) is 0 Å². The third kappa shape index (κ3) is 2.77. The predicted octanol–water partition coefficient (Wildman–Crippen LogP) is 3.08. The molecule has 1 fully saturated rings. The van der Waals surface area contributed by atoms with Gasteiger partial charge in [-0.15, -0.1) is 0 Å². The topological polar surface area (TPSA) is 56.3 Å². The van der Waals surface area contributed by atoms with Gasteiger partial charge in [-0.2, -0.15) is 0 Å². The van der Waals surface area contributed by atoms with E-state index in [1.165, 1.54) is 12.8 Å². The number of benzene rings is 1. The molecule has 1 aliphatic carbocycles. The molecule has 0 unspecified atom stereocenters. The van der Waals surface area contributed by atoms with Crippen molar-refractivity contribution in [3.8, 4) is 22.8 Å². The summed E-state index contributed by atoms with van der Waals surface area (Å²) in [4.78, 5) is 9.23. The van der Waals surface area contributed by atoms with E-state index in [-0.39, 0.29) is 0 Å². The first-order valence-electron chi connectivity index (χ1n) is 7.04. The molecule has 5 heteroatoms. The minimum absolute atomic E-state index is 0.511. The van der Waals surface area contributed by atoms with Crippen LogP contribution >= 0.6 is 0 Å². The summed E-state index contributed by atoms with van der Waals surface area (Å²) < 4.78 is 10.6. The number of nitrogens with zero attached hydrogens (tertiary/aromatic N) is 2. The summed E-state index contributed by atoms with van der Waals surface area (Å²) in [5.74, 6) is 3.69. The lowest BCUT2D eigenvalue weighted by Crippen LogP contribution is -2.01. The Morgan fingerprint density at radius 1 is 1.05 bits per heavy atom. The molecule has 1 saturated carbocycles. The molecule has 21 heavy (non-hydrogen) atoms. The van der Waals surface area contributed by atoms with Crippen molar-refractivity contribution < 1.29 is 9.47 Å². The Hall–Kier alpha value is -2.30. The number of rotatable bonds is 5. The smallest absolute Gasteiger partial charge is 0.161 e. The Balaban J connectivity index is 2.04. The van der Waals surface area contributed by atoms with Crippen LogP contribution in [0, 0.1) is 0 Å². The fraction of sp³-hybridized carbons (Fsp3) is 0.375. The van der Waals surface area contributed by atoms with Crippen LogP contribution in [0.25, 0.3) is 11.3 Å². The van der Waals surface area contributed by atoms with Gasteiger partial charge in [0.2, 0.25) is 0 Å². The molecule has 2 aromatic rings. The lowest BCUT2D eigenvalue weighted by Gasteiger charge is -2.11. The zero-order valence-electron chi connectivity index (χ0n) is 12.5. The number of hydrogen-bond donors (Lipinski definition) is 1. The molecule has 3 rings (SSSR count). The fourth-order valence-corrected chi connectivity index (χ4v) is 2.26. The van der Waals surface area contributed by atoms with Crippen LogP contribution in [-0.2, 0) is 0 Å². The van der Waals surface area contributed by atoms with E-state index in [4.69, 9.17) is 14.5 Å². The van der Waals surface area contributed by atoms with Crippen molar-refractivity contribution in [2.24, 2.45) is 0 Å². The van der Waals surface area contributed by atoms with E-state index in [1.54, 1.807) is 14.2 Å². The number of methoxy groups -OCH3 is 2. The number of hydrogen-bond acceptors (Lipinski definition) is 5. The predicted molar refractivity (Wildman–Crippen MR) is 82.1 cm³/mol. The molecule has 5 nitrogen and oxygen atoms in total. The van der Waals surface area contributed by atoms with Crippen molar-refractivity contribution in [3.63, 3.8) is 0 Å². The summed E-state index contributed by atoms with van der Waals surface area (Å²) in [5, 5.41) is 3.10. The van der Waals surface area contributed by atoms with E-state index in [2.05, 4.69) is 10.3 Å². The molecule has 0 atom stereocenters. The minimum atomic E-state index is 0.511. The Bertz CT molecular complexity index is 654. The summed E-state index contributed by atoms with van der Waals surface area (Å²) in [5.41, 5.74) is 1.89. The van der Waals surface area contributed by atoms with Crippen LogP contribution in [0.3, 0.4) is 0 Å². The molecule has 110 valence electrons. The average molecular weight is 285 g/mol. The Kier molecular flexibility index (Phi) is 3.64. The van der Waals surface area contributed by atoms with Crippen LogP contribution < -0.4 is 14.8 Å². The molecule has 1 aromatic carbocycles. The van der Waals surface area contributed by atoms with Crippen molar-refractivity contribution in [1.82, 2.24) is 9.97 Å². The summed E-state index contributed by atoms with van der Waals surface area (Å²) in [7, 11) is 5.14. The minimum Gasteiger partial charge on any atom is -0.493 e. The Morgan fingerprint density at radius 2 is 1.81 bits per heavy atom. The Morgan fingerprint density at radius 3 is 2.43 bits per heavy atom. The maximum absolute atomic E-state index is 5.36. The molecule has 1 N–H and O–H groups in total. The first-order chi connectivity index (χ1) is 10.2. The van der Waals surface area contributed by atoms with E-state index in [0.717, 1.165) is 22.9 Å². The summed E-state index contributed by atoms with van der Waals surface area (Å²) in [6.07, 6.45) is 2.36. The van der Waals surface area contributed by atoms with Crippen LogP contribution in [0.4, 0.5) is 5.82 Å². The van der Waals surface area contributed by atoms with Gasteiger partial charge in [-0.25, -0.2) is 9.97 Å². The van der Waals surface area contributed by atoms with Gasteiger partial charge in [-0.3, -0.25) is 0 Å². The highest BCUT2D eigenvalue weighted by atomic mass is 16.5. The second-order valence-corrected chi connectivity index (χ2v) is 5.09. The molecule has 1 aromatic heterocycles. The van der Waals surface area contributed by atoms with E-state index in [9.17, 15) is 0 Å². The average Bonchev–Trinajstić information content (AvgIpc) is 3.38. The van der Waals surface area contributed by atoms with Crippen molar-refractivity contribution >= 4 is 5.82 Å². The highest BCUT2D eigenvalue weighted by Crippen LogP contribution is 2.39. The van der Waals surface area contributed by atoms with Crippen LogP contribution in [0.5, 0.6) is 11.5 Å². The number of nitrogens with one attached hydrogen (secondary N) is 1. The second kappa shape index (κ2) is 5.60. The zero-order valence-corrected chi connectivity index (χ0v) is 12.5. The number of ether oxygens (including phenoxy) is 2. The van der Waals surface area contributed by atoms with E-state index in [0.29, 0.717) is 17.4 Å². The summed E-state index contributed by atoms with van der Waals surface area (Å²) in [6.45, 7) is 0. The molecule has 0 aliphatic heterocycles. The largest absolute Gasteiger partial charge is 0.493 e. The van der Waals surface area contributed by atoms with E-state index < -0.39 is 0 Å². The van der Waals surface area contributed by atoms with Gasteiger partial charge < -0.3 is 14.8 Å². The maximum atomic E-state index is 5.36. The van der Waals surface area contributed by atoms with Gasteiger partial charge in [0.05, 0.1) is 19.9 Å². The van der Waals surface area contributed by atoms with Crippen LogP contribution in [0.15, 0.2) is 24.3 Å². The molecule has 0 amide bonds. The molecular weight excluding hydrogens is 266 g/mol. The number of aromatic nitrogens is 2. The second-order valence-electron chi connectivity index (χ2n) is 5.09. The van der Waals surface area contributed by atoms with Gasteiger partial charge in [-0.1, -0.05) is 0 Å². The Labute approximate surface area is 124 Å². The lowest BCUT2D eigenvalue weighted by atomic mass is 10.1. The van der Waals surface area contributed by atoms with E-state index in [1.807, 2.05) is 31.3 Å². The summed E-state index contributed by atoms with van der Waals surface area (Å²) in [6, 6.07) is 7.77. The van der Waals surface area contributed by atoms with Crippen molar-refractivity contribution in [2.45, 2.75) is 18.8 Å². The van der Waals surface area contributed by atoms with Gasteiger partial charge in [-0.05, 0) is 31.0 Å². The van der Waals surface area contributed by atoms with Gasteiger partial charge in [0.15, 0.2) is 11.5 Å². The van der Waals surface area contributed by atoms with Gasteiger partial charge >= 0.3 is 0 Å². The zero-order chi connectivity index (χ0) is 14.8. The first-order valence-corrected chi connectivity index (χ1v) is 7.04. The molecule has 1 aliphatic rings. The molecule has 0 spiro atoms. The monoisotopic (exact) mass is 285 g/mol. The van der Waals surface area contributed by atoms with Crippen LogP contribution in [0.2, 0.25) is 0 Å². The SMILES string of the molecule is CNc1cc(-c2ccc(OC)c(OC)c2)nc(C2CC2)n1. The molecular formula is C16H19N3O2. The molecule has 1 heterocycles. The number of anilines is 1. The standard InChI is InChI=1S/C16H19N3O2/c1-17-15-9-12(18-16(19-15)10-4-5-10)11-6-7-13(20-2)14(8-11)21-3/h6-10H,4-5H2,1-3H3,(H,17,18,19). The summed E-state index contributed by atoms with van der Waals surface area (Å²) >= 11 is 0. The van der Waals surface area contributed by atoms with Crippen molar-refractivity contribution in [3.05, 3.63) is 30.1 Å². The molecule has 0 saturated heterocycles. The normalized spacial score (nSPS) is 13.9. The third-order valence-corrected chi connectivity index (χ3v) is 3.62. The fourth-order valence-electron chi connectivity index (χ4n) is 2.26. The highest BCUT2D eigenvalue weighted by Gasteiger charge is 2.27. The third-order valence-electron chi connectivity index (χ3n) is 3.62. The van der Waals surface area contributed by atoms with E-state index >= 15 is 0 Å². The van der Waals surface area contributed by atoms with Gasteiger partial charge in [0, 0.05) is 24.6 Å². The lowest BCUT2D eigenvalue weighted by molar-refractivity contribution is 0.355. The highest BCUT2D eigenvalue weighted by molar-refractivity contribution is 5.66. The van der Waals surface area contributed by atoms with Crippen molar-refractivity contribution in [2.75, 3.05) is 26.6 Å². The maximum Gasteiger partial charge on any atom is 0.161 e. The van der Waals surface area contributed by atoms with Crippen LogP contribution in [0.1, 0.15) is 24.6 Å². The molecule has 0 radical (unpaired) electrons. The quantitative estimate of drug-likeness (QED) is 0.915.